The first-order valence-corrected chi connectivity index (χ1v) is 8.86. The predicted molar refractivity (Wildman–Crippen MR) is 63.9 cm³/mol. The SMILES string of the molecule is O=P(O)(O)C(O)(CN1CCCCCC1)P(=O)(O)O. The van der Waals surface area contributed by atoms with Gasteiger partial charge in [0.15, 0.2) is 0 Å². The summed E-state index contributed by atoms with van der Waals surface area (Å²) in [6.45, 7) is 0.201. The van der Waals surface area contributed by atoms with Crippen LogP contribution in [0.1, 0.15) is 25.7 Å². The van der Waals surface area contributed by atoms with Crippen LogP contribution in [0.4, 0.5) is 0 Å². The van der Waals surface area contributed by atoms with Crippen LogP contribution in [0.2, 0.25) is 0 Å². The van der Waals surface area contributed by atoms with E-state index in [-0.39, 0.29) is 0 Å². The molecule has 0 aromatic carbocycles. The standard InChI is InChI=1S/C8H19NO7P2/c10-8(17(11,12)13,18(14,15)16)7-9-5-3-1-2-4-6-9/h10H,1-7H2,(H2,11,12,13)(H2,14,15,16). The summed E-state index contributed by atoms with van der Waals surface area (Å²) in [6, 6.07) is 0. The first kappa shape index (κ1) is 16.3. The Kier molecular flexibility index (Phi) is 5.14. The number of hydrogen-bond acceptors (Lipinski definition) is 4. The van der Waals surface area contributed by atoms with E-state index in [1.807, 2.05) is 0 Å². The van der Waals surface area contributed by atoms with Gasteiger partial charge in [0.2, 0.25) is 0 Å². The molecule has 1 heterocycles. The second-order valence-electron chi connectivity index (χ2n) is 4.55. The van der Waals surface area contributed by atoms with Gasteiger partial charge in [0, 0.05) is 0 Å². The highest BCUT2D eigenvalue weighted by Crippen LogP contribution is 2.67. The minimum absolute atomic E-state index is 0.461. The number of likely N-dealkylation sites (tertiary alicyclic amines) is 1. The molecule has 0 radical (unpaired) electrons. The van der Waals surface area contributed by atoms with Crippen molar-refractivity contribution in [2.45, 2.75) is 30.8 Å². The first-order valence-electron chi connectivity index (χ1n) is 5.64. The number of hydrogen-bond donors (Lipinski definition) is 5. The number of rotatable bonds is 4. The Hall–Kier alpha value is 0.220. The average molecular weight is 303 g/mol. The van der Waals surface area contributed by atoms with Gasteiger partial charge in [0.25, 0.3) is 5.08 Å². The van der Waals surface area contributed by atoms with Crippen molar-refractivity contribution in [3.05, 3.63) is 0 Å². The molecular weight excluding hydrogens is 284 g/mol. The minimum Gasteiger partial charge on any atom is -0.367 e. The number of β-amino-alcohol motifs (C(OH)–C–C–N with tert-alkyl or cyclic N) is 1. The van der Waals surface area contributed by atoms with E-state index >= 15 is 0 Å². The maximum atomic E-state index is 11.2. The molecule has 8 nitrogen and oxygen atoms in total. The second-order valence-corrected chi connectivity index (χ2v) is 8.56. The van der Waals surface area contributed by atoms with E-state index in [1.54, 1.807) is 0 Å². The molecule has 10 heteroatoms. The summed E-state index contributed by atoms with van der Waals surface area (Å²) in [5.41, 5.74) is 0. The molecule has 0 aromatic heterocycles. The van der Waals surface area contributed by atoms with Crippen LogP contribution in [0, 0.1) is 0 Å². The lowest BCUT2D eigenvalue weighted by atomic mass is 10.2. The summed E-state index contributed by atoms with van der Waals surface area (Å²) in [7, 11) is -10.7. The van der Waals surface area contributed by atoms with Crippen molar-refractivity contribution in [3.63, 3.8) is 0 Å². The summed E-state index contributed by atoms with van der Waals surface area (Å²) in [5, 5.41) is 6.45. The van der Waals surface area contributed by atoms with Crippen LogP contribution in [-0.2, 0) is 9.13 Å². The molecule has 18 heavy (non-hydrogen) atoms. The molecule has 0 amide bonds. The number of nitrogens with zero attached hydrogens (tertiary/aromatic N) is 1. The summed E-state index contributed by atoms with van der Waals surface area (Å²) in [4.78, 5) is 37.6. The van der Waals surface area contributed by atoms with E-state index in [0.717, 1.165) is 25.7 Å². The largest absolute Gasteiger partial charge is 0.370 e. The highest BCUT2D eigenvalue weighted by atomic mass is 31.2. The van der Waals surface area contributed by atoms with Crippen LogP contribution in [0.3, 0.4) is 0 Å². The maximum absolute atomic E-state index is 11.2. The van der Waals surface area contributed by atoms with E-state index in [0.29, 0.717) is 13.1 Å². The van der Waals surface area contributed by atoms with Crippen molar-refractivity contribution in [1.29, 1.82) is 0 Å². The average Bonchev–Trinajstić information content (AvgIpc) is 2.42. The van der Waals surface area contributed by atoms with Gasteiger partial charge < -0.3 is 24.7 Å². The van der Waals surface area contributed by atoms with Crippen LogP contribution in [0.15, 0.2) is 0 Å². The van der Waals surface area contributed by atoms with Crippen molar-refractivity contribution in [1.82, 2.24) is 4.90 Å². The molecule has 1 saturated heterocycles. The quantitative estimate of drug-likeness (QED) is 0.452. The van der Waals surface area contributed by atoms with Crippen molar-refractivity contribution in [3.8, 4) is 0 Å². The Morgan fingerprint density at radius 1 is 0.889 bits per heavy atom. The molecule has 0 spiro atoms. The molecule has 1 aliphatic heterocycles. The maximum Gasteiger partial charge on any atom is 0.370 e. The van der Waals surface area contributed by atoms with Crippen molar-refractivity contribution >= 4 is 15.2 Å². The van der Waals surface area contributed by atoms with Gasteiger partial charge >= 0.3 is 15.2 Å². The van der Waals surface area contributed by atoms with Gasteiger partial charge in [-0.2, -0.15) is 0 Å². The summed E-state index contributed by atoms with van der Waals surface area (Å²) in [6.07, 6.45) is 3.47. The Bertz CT molecular complexity index is 346. The highest BCUT2D eigenvalue weighted by molar-refractivity contribution is 7.72. The smallest absolute Gasteiger partial charge is 0.367 e. The van der Waals surface area contributed by atoms with Crippen LogP contribution in [-0.4, -0.2) is 54.3 Å². The molecule has 108 valence electrons. The van der Waals surface area contributed by atoms with E-state index in [4.69, 9.17) is 19.6 Å². The Morgan fingerprint density at radius 3 is 1.61 bits per heavy atom. The van der Waals surface area contributed by atoms with Gasteiger partial charge in [-0.3, -0.25) is 14.0 Å². The van der Waals surface area contributed by atoms with Crippen LogP contribution in [0.5, 0.6) is 0 Å². The number of aliphatic hydroxyl groups is 1. The van der Waals surface area contributed by atoms with Crippen molar-refractivity contribution < 1.29 is 33.8 Å². The lowest BCUT2D eigenvalue weighted by Gasteiger charge is -2.34. The molecule has 0 aliphatic carbocycles. The third kappa shape index (κ3) is 3.62. The molecule has 0 bridgehead atoms. The molecule has 0 aromatic rings. The highest BCUT2D eigenvalue weighted by Gasteiger charge is 2.60. The zero-order valence-electron chi connectivity index (χ0n) is 9.84. The second kappa shape index (κ2) is 5.69. The van der Waals surface area contributed by atoms with Gasteiger partial charge in [-0.1, -0.05) is 12.8 Å². The molecular formula is C8H19NO7P2. The predicted octanol–water partition coefficient (Wildman–Crippen LogP) is -0.136. The van der Waals surface area contributed by atoms with Gasteiger partial charge in [-0.15, -0.1) is 0 Å². The van der Waals surface area contributed by atoms with Crippen LogP contribution >= 0.6 is 15.2 Å². The molecule has 0 atom stereocenters. The van der Waals surface area contributed by atoms with Gasteiger partial charge in [0.05, 0.1) is 6.54 Å². The summed E-state index contributed by atoms with van der Waals surface area (Å²) in [5.74, 6) is 0. The lowest BCUT2D eigenvalue weighted by molar-refractivity contribution is 0.0880. The monoisotopic (exact) mass is 303 g/mol. The zero-order valence-corrected chi connectivity index (χ0v) is 11.6. The molecule has 1 fully saturated rings. The van der Waals surface area contributed by atoms with Crippen molar-refractivity contribution in [2.75, 3.05) is 19.6 Å². The van der Waals surface area contributed by atoms with Gasteiger partial charge in [0.1, 0.15) is 0 Å². The van der Waals surface area contributed by atoms with Crippen LogP contribution in [0.25, 0.3) is 0 Å². The van der Waals surface area contributed by atoms with Gasteiger partial charge in [-0.05, 0) is 25.9 Å². The summed E-state index contributed by atoms with van der Waals surface area (Å²) < 4.78 is 22.4. The fraction of sp³-hybridized carbons (Fsp3) is 1.00. The zero-order chi connectivity index (χ0) is 14.0. The summed E-state index contributed by atoms with van der Waals surface area (Å²) >= 11 is 0. The fourth-order valence-electron chi connectivity index (χ4n) is 1.95. The third-order valence-electron chi connectivity index (χ3n) is 3.07. The van der Waals surface area contributed by atoms with Crippen molar-refractivity contribution in [2.24, 2.45) is 0 Å². The molecule has 0 saturated carbocycles. The molecule has 1 rings (SSSR count). The first-order chi connectivity index (χ1) is 8.08. The van der Waals surface area contributed by atoms with E-state index < -0.39 is 26.8 Å². The Morgan fingerprint density at radius 2 is 1.28 bits per heavy atom. The molecule has 5 N–H and O–H groups in total. The molecule has 0 unspecified atom stereocenters. The topological polar surface area (TPSA) is 139 Å². The lowest BCUT2D eigenvalue weighted by Crippen LogP contribution is -2.43. The Labute approximate surface area is 105 Å². The van der Waals surface area contributed by atoms with Gasteiger partial charge in [-0.25, -0.2) is 0 Å². The van der Waals surface area contributed by atoms with E-state index in [9.17, 15) is 14.2 Å². The fourth-order valence-corrected chi connectivity index (χ4v) is 4.07. The normalized spacial score (nSPS) is 20.7. The minimum atomic E-state index is -5.34. The van der Waals surface area contributed by atoms with Crippen LogP contribution < -0.4 is 0 Å². The Balaban J connectivity index is 2.92. The third-order valence-corrected chi connectivity index (χ3v) is 6.78. The van der Waals surface area contributed by atoms with E-state index in [1.165, 1.54) is 4.90 Å². The van der Waals surface area contributed by atoms with E-state index in [2.05, 4.69) is 0 Å². The molecule has 1 aliphatic rings.